The quantitative estimate of drug-likeness (QED) is 0.858. The zero-order chi connectivity index (χ0) is 14.5. The van der Waals surface area contributed by atoms with Crippen LogP contribution in [-0.4, -0.2) is 21.6 Å². The van der Waals surface area contributed by atoms with E-state index in [1.165, 1.54) is 11.8 Å². The molecule has 106 valence electrons. The van der Waals surface area contributed by atoms with Crippen molar-refractivity contribution in [3.8, 4) is 0 Å². The predicted octanol–water partition coefficient (Wildman–Crippen LogP) is 2.66. The molecule has 1 unspecified atom stereocenters. The van der Waals surface area contributed by atoms with Crippen LogP contribution in [0.4, 0.5) is 0 Å². The monoisotopic (exact) mass is 291 g/mol. The van der Waals surface area contributed by atoms with Gasteiger partial charge in [0.25, 0.3) is 5.22 Å². The maximum absolute atomic E-state index is 11.9. The number of aryl methyl sites for hydroxylation is 2. The van der Waals surface area contributed by atoms with Crippen molar-refractivity contribution >= 4 is 17.7 Å². The van der Waals surface area contributed by atoms with Gasteiger partial charge in [-0.15, -0.1) is 0 Å². The molecule has 6 heteroatoms. The fourth-order valence-electron chi connectivity index (χ4n) is 1.63. The Morgan fingerprint density at radius 1 is 1.50 bits per heavy atom. The smallest absolute Gasteiger partial charge is 0.256 e. The predicted molar refractivity (Wildman–Crippen MR) is 77.5 cm³/mol. The van der Waals surface area contributed by atoms with E-state index < -0.39 is 0 Å². The van der Waals surface area contributed by atoms with Crippen molar-refractivity contribution in [2.45, 2.75) is 32.0 Å². The van der Waals surface area contributed by atoms with E-state index in [9.17, 15) is 4.79 Å². The van der Waals surface area contributed by atoms with Crippen LogP contribution >= 0.6 is 11.8 Å². The molecule has 20 heavy (non-hydrogen) atoms. The van der Waals surface area contributed by atoms with Crippen LogP contribution < -0.4 is 5.32 Å². The maximum Gasteiger partial charge on any atom is 0.256 e. The summed E-state index contributed by atoms with van der Waals surface area (Å²) in [5, 5.41) is 3.45. The fourth-order valence-corrected chi connectivity index (χ4v) is 2.35. The van der Waals surface area contributed by atoms with E-state index in [-0.39, 0.29) is 17.7 Å². The van der Waals surface area contributed by atoms with Gasteiger partial charge in [-0.2, -0.15) is 0 Å². The van der Waals surface area contributed by atoms with E-state index in [2.05, 4.69) is 15.3 Å². The van der Waals surface area contributed by atoms with Gasteiger partial charge in [-0.3, -0.25) is 9.78 Å². The highest BCUT2D eigenvalue weighted by molar-refractivity contribution is 7.99. The zero-order valence-corrected chi connectivity index (χ0v) is 12.5. The van der Waals surface area contributed by atoms with Gasteiger partial charge in [0.05, 0.1) is 17.5 Å². The number of carbonyl (C=O) groups is 1. The molecule has 0 saturated carbocycles. The van der Waals surface area contributed by atoms with E-state index in [4.69, 9.17) is 4.42 Å². The zero-order valence-electron chi connectivity index (χ0n) is 11.7. The van der Waals surface area contributed by atoms with Crippen LogP contribution in [0.5, 0.6) is 0 Å². The Kier molecular flexibility index (Phi) is 4.79. The normalized spacial score (nSPS) is 12.2. The molecule has 0 radical (unpaired) electrons. The first kappa shape index (κ1) is 14.6. The number of nitrogens with zero attached hydrogens (tertiary/aromatic N) is 2. The van der Waals surface area contributed by atoms with E-state index in [1.54, 1.807) is 12.4 Å². The first-order valence-corrected chi connectivity index (χ1v) is 7.31. The number of amides is 1. The number of hydrogen-bond acceptors (Lipinski definition) is 5. The second-order valence-electron chi connectivity index (χ2n) is 4.49. The number of hydrogen-bond donors (Lipinski definition) is 1. The maximum atomic E-state index is 11.9. The van der Waals surface area contributed by atoms with Crippen LogP contribution in [0.2, 0.25) is 0 Å². The van der Waals surface area contributed by atoms with Gasteiger partial charge in [0.15, 0.2) is 0 Å². The summed E-state index contributed by atoms with van der Waals surface area (Å²) in [6.07, 6.45) is 3.46. The molecule has 1 N–H and O–H groups in total. The van der Waals surface area contributed by atoms with Crippen molar-refractivity contribution in [3.05, 3.63) is 41.5 Å². The second kappa shape index (κ2) is 6.56. The highest BCUT2D eigenvalue weighted by Gasteiger charge is 2.12. The fraction of sp³-hybridized carbons (Fsp3) is 0.357. The summed E-state index contributed by atoms with van der Waals surface area (Å²) < 4.78 is 5.42. The molecule has 0 aliphatic carbocycles. The molecule has 0 aliphatic rings. The van der Waals surface area contributed by atoms with Crippen molar-refractivity contribution in [2.24, 2.45) is 0 Å². The van der Waals surface area contributed by atoms with Crippen LogP contribution in [0.25, 0.3) is 0 Å². The van der Waals surface area contributed by atoms with Gasteiger partial charge in [0, 0.05) is 12.4 Å². The average molecular weight is 291 g/mol. The number of pyridine rings is 1. The lowest BCUT2D eigenvalue weighted by atomic mass is 10.1. The summed E-state index contributed by atoms with van der Waals surface area (Å²) in [6, 6.07) is 3.72. The van der Waals surface area contributed by atoms with E-state index >= 15 is 0 Å². The highest BCUT2D eigenvalue weighted by atomic mass is 32.2. The van der Waals surface area contributed by atoms with Gasteiger partial charge < -0.3 is 9.73 Å². The lowest BCUT2D eigenvalue weighted by Crippen LogP contribution is -2.28. The molecule has 5 nitrogen and oxygen atoms in total. The van der Waals surface area contributed by atoms with E-state index in [0.29, 0.717) is 5.22 Å². The largest absolute Gasteiger partial charge is 0.437 e. The molecule has 2 rings (SSSR count). The molecule has 0 aliphatic heterocycles. The van der Waals surface area contributed by atoms with E-state index in [0.717, 1.165) is 17.0 Å². The van der Waals surface area contributed by atoms with Gasteiger partial charge in [-0.25, -0.2) is 4.98 Å². The molecular formula is C14H17N3O2S. The minimum absolute atomic E-state index is 0.0557. The SMILES string of the molecule is Cc1nc(SCC(=O)NC(C)c2cccnc2)oc1C. The summed E-state index contributed by atoms with van der Waals surface area (Å²) in [5.74, 6) is 1.01. The Bertz CT molecular complexity index is 564. The third kappa shape index (κ3) is 3.84. The van der Waals surface area contributed by atoms with Gasteiger partial charge >= 0.3 is 0 Å². The molecule has 0 fully saturated rings. The van der Waals surface area contributed by atoms with Crippen molar-refractivity contribution in [1.82, 2.24) is 15.3 Å². The van der Waals surface area contributed by atoms with Crippen molar-refractivity contribution < 1.29 is 9.21 Å². The average Bonchev–Trinajstić information content (AvgIpc) is 2.76. The van der Waals surface area contributed by atoms with E-state index in [1.807, 2.05) is 32.9 Å². The first-order valence-electron chi connectivity index (χ1n) is 6.32. The lowest BCUT2D eigenvalue weighted by molar-refractivity contribution is -0.119. The second-order valence-corrected chi connectivity index (χ2v) is 5.41. The Balaban J connectivity index is 1.84. The number of thioether (sulfide) groups is 1. The summed E-state index contributed by atoms with van der Waals surface area (Å²) in [4.78, 5) is 20.1. The number of rotatable bonds is 5. The van der Waals surface area contributed by atoms with Gasteiger partial charge in [-0.1, -0.05) is 17.8 Å². The van der Waals surface area contributed by atoms with Crippen LogP contribution in [0.3, 0.4) is 0 Å². The van der Waals surface area contributed by atoms with Gasteiger partial charge in [0.1, 0.15) is 5.76 Å². The molecule has 1 atom stereocenters. The topological polar surface area (TPSA) is 68.0 Å². The summed E-state index contributed by atoms with van der Waals surface area (Å²) in [5.41, 5.74) is 1.84. The first-order chi connectivity index (χ1) is 9.56. The third-order valence-corrected chi connectivity index (χ3v) is 3.73. The highest BCUT2D eigenvalue weighted by Crippen LogP contribution is 2.20. The Labute approximate surface area is 122 Å². The molecular weight excluding hydrogens is 274 g/mol. The van der Waals surface area contributed by atoms with Gasteiger partial charge in [-0.05, 0) is 32.4 Å². The third-order valence-electron chi connectivity index (χ3n) is 2.90. The molecule has 2 heterocycles. The minimum Gasteiger partial charge on any atom is -0.437 e. The molecule has 2 aromatic heterocycles. The van der Waals surface area contributed by atoms with Crippen LogP contribution in [0.1, 0.15) is 30.0 Å². The van der Waals surface area contributed by atoms with Crippen molar-refractivity contribution in [2.75, 3.05) is 5.75 Å². The van der Waals surface area contributed by atoms with Crippen molar-refractivity contribution in [3.63, 3.8) is 0 Å². The number of carbonyl (C=O) groups excluding carboxylic acids is 1. The molecule has 2 aromatic rings. The molecule has 0 saturated heterocycles. The molecule has 0 aromatic carbocycles. The standard InChI is InChI=1S/C14H17N3O2S/c1-9-11(3)19-14(17-9)20-8-13(18)16-10(2)12-5-4-6-15-7-12/h4-7,10H,8H2,1-3H3,(H,16,18). The number of nitrogens with one attached hydrogen (secondary N) is 1. The molecule has 0 bridgehead atoms. The Morgan fingerprint density at radius 3 is 2.90 bits per heavy atom. The summed E-state index contributed by atoms with van der Waals surface area (Å²) in [6.45, 7) is 5.67. The summed E-state index contributed by atoms with van der Waals surface area (Å²) in [7, 11) is 0. The number of aromatic nitrogens is 2. The van der Waals surface area contributed by atoms with Crippen molar-refractivity contribution in [1.29, 1.82) is 0 Å². The molecule has 1 amide bonds. The summed E-state index contributed by atoms with van der Waals surface area (Å²) >= 11 is 1.30. The van der Waals surface area contributed by atoms with Crippen LogP contribution in [-0.2, 0) is 4.79 Å². The lowest BCUT2D eigenvalue weighted by Gasteiger charge is -2.13. The van der Waals surface area contributed by atoms with Crippen LogP contribution in [0, 0.1) is 13.8 Å². The molecule has 0 spiro atoms. The Morgan fingerprint density at radius 2 is 2.30 bits per heavy atom. The Hall–Kier alpha value is -1.82. The minimum atomic E-state index is -0.0650. The number of oxazole rings is 1. The van der Waals surface area contributed by atoms with Crippen LogP contribution in [0.15, 0.2) is 34.2 Å². The van der Waals surface area contributed by atoms with Gasteiger partial charge in [0.2, 0.25) is 5.91 Å².